The topological polar surface area (TPSA) is 29.0 Å². The molecular formula is C26H23N3. The first-order chi connectivity index (χ1) is 14.3. The Hall–Kier alpha value is -3.46. The molecule has 0 radical (unpaired) electrons. The van der Waals surface area contributed by atoms with E-state index >= 15 is 0 Å². The Morgan fingerprint density at radius 1 is 0.759 bits per heavy atom. The molecule has 5 rings (SSSR count). The van der Waals surface area contributed by atoms with Crippen molar-refractivity contribution < 1.29 is 0 Å². The molecule has 2 aromatic heterocycles. The Labute approximate surface area is 171 Å². The molecule has 3 heterocycles. The lowest BCUT2D eigenvalue weighted by Gasteiger charge is -2.30. The number of pyridine rings is 2. The third kappa shape index (κ3) is 3.29. The van der Waals surface area contributed by atoms with E-state index in [2.05, 4.69) is 78.6 Å². The zero-order valence-corrected chi connectivity index (χ0v) is 16.5. The molecule has 1 aliphatic heterocycles. The lowest BCUT2D eigenvalue weighted by atomic mass is 9.98. The predicted molar refractivity (Wildman–Crippen MR) is 119 cm³/mol. The highest BCUT2D eigenvalue weighted by Crippen LogP contribution is 2.42. The first-order valence-electron chi connectivity index (χ1n) is 10.2. The molecule has 0 saturated heterocycles. The molecule has 0 spiro atoms. The second-order valence-electron chi connectivity index (χ2n) is 7.55. The number of nitrogens with zero attached hydrogens (tertiary/aromatic N) is 3. The number of para-hydroxylation sites is 1. The summed E-state index contributed by atoms with van der Waals surface area (Å²) < 4.78 is 0. The van der Waals surface area contributed by atoms with Gasteiger partial charge >= 0.3 is 0 Å². The van der Waals surface area contributed by atoms with Crippen LogP contribution in [0.1, 0.15) is 23.1 Å². The van der Waals surface area contributed by atoms with Gasteiger partial charge < -0.3 is 0 Å². The second kappa shape index (κ2) is 7.51. The van der Waals surface area contributed by atoms with Gasteiger partial charge in [0.1, 0.15) is 11.6 Å². The van der Waals surface area contributed by atoms with Crippen molar-refractivity contribution in [1.82, 2.24) is 9.97 Å². The maximum absolute atomic E-state index is 4.90. The first-order valence-corrected chi connectivity index (χ1v) is 10.2. The number of hydrogen-bond donors (Lipinski definition) is 0. The van der Waals surface area contributed by atoms with Gasteiger partial charge in [0.15, 0.2) is 0 Å². The minimum Gasteiger partial charge on any atom is -0.278 e. The summed E-state index contributed by atoms with van der Waals surface area (Å²) in [5.74, 6) is 1.96. The van der Waals surface area contributed by atoms with E-state index in [1.54, 1.807) is 0 Å². The van der Waals surface area contributed by atoms with E-state index in [1.807, 2.05) is 18.5 Å². The number of anilines is 3. The highest BCUT2D eigenvalue weighted by molar-refractivity contribution is 5.87. The molecule has 0 amide bonds. The molecular weight excluding hydrogens is 354 g/mol. The van der Waals surface area contributed by atoms with Gasteiger partial charge in [0.05, 0.1) is 5.69 Å². The van der Waals surface area contributed by atoms with Crippen LogP contribution in [0.2, 0.25) is 0 Å². The minimum absolute atomic E-state index is 0.980. The highest BCUT2D eigenvalue weighted by atomic mass is 15.2. The number of aromatic nitrogens is 2. The van der Waals surface area contributed by atoms with Gasteiger partial charge in [0, 0.05) is 18.0 Å². The van der Waals surface area contributed by atoms with E-state index in [-0.39, 0.29) is 0 Å². The van der Waals surface area contributed by atoms with E-state index in [0.717, 1.165) is 36.6 Å². The Kier molecular flexibility index (Phi) is 4.57. The van der Waals surface area contributed by atoms with Crippen LogP contribution in [-0.4, -0.2) is 9.97 Å². The summed E-state index contributed by atoms with van der Waals surface area (Å²) in [6.45, 7) is 2.11. The van der Waals surface area contributed by atoms with Gasteiger partial charge in [-0.3, -0.25) is 4.90 Å². The maximum Gasteiger partial charge on any atom is 0.141 e. The summed E-state index contributed by atoms with van der Waals surface area (Å²) in [7, 11) is 0. The van der Waals surface area contributed by atoms with Crippen LogP contribution >= 0.6 is 0 Å². The van der Waals surface area contributed by atoms with Crippen LogP contribution in [0.5, 0.6) is 0 Å². The molecule has 0 unspecified atom stereocenters. The summed E-state index contributed by atoms with van der Waals surface area (Å²) in [6, 6.07) is 25.6. The Bertz CT molecular complexity index is 1150. The first kappa shape index (κ1) is 17.6. The molecule has 0 fully saturated rings. The average molecular weight is 377 g/mol. The smallest absolute Gasteiger partial charge is 0.141 e. The highest BCUT2D eigenvalue weighted by Gasteiger charge is 2.25. The Morgan fingerprint density at radius 3 is 2.41 bits per heavy atom. The summed E-state index contributed by atoms with van der Waals surface area (Å²) in [6.07, 6.45) is 6.97. The maximum atomic E-state index is 4.90. The van der Waals surface area contributed by atoms with Gasteiger partial charge in [-0.1, -0.05) is 60.7 Å². The van der Waals surface area contributed by atoms with Gasteiger partial charge in [-0.25, -0.2) is 9.97 Å². The molecule has 0 saturated carbocycles. The van der Waals surface area contributed by atoms with Crippen LogP contribution in [-0.2, 0) is 12.8 Å². The minimum atomic E-state index is 0.980. The summed E-state index contributed by atoms with van der Waals surface area (Å²) >= 11 is 0. The van der Waals surface area contributed by atoms with Crippen molar-refractivity contribution in [3.05, 3.63) is 102 Å². The number of rotatable bonds is 2. The van der Waals surface area contributed by atoms with Crippen molar-refractivity contribution in [1.29, 1.82) is 0 Å². The molecule has 142 valence electrons. The molecule has 3 nitrogen and oxygen atoms in total. The van der Waals surface area contributed by atoms with E-state index < -0.39 is 0 Å². The lowest BCUT2D eigenvalue weighted by molar-refractivity contribution is 0.797. The molecule has 3 heteroatoms. The second-order valence-corrected chi connectivity index (χ2v) is 7.55. The van der Waals surface area contributed by atoms with Crippen molar-refractivity contribution in [3.63, 3.8) is 0 Å². The monoisotopic (exact) mass is 377 g/mol. The van der Waals surface area contributed by atoms with Crippen molar-refractivity contribution in [2.45, 2.75) is 26.2 Å². The van der Waals surface area contributed by atoms with Crippen molar-refractivity contribution in [3.8, 4) is 11.1 Å². The van der Waals surface area contributed by atoms with Gasteiger partial charge in [0.25, 0.3) is 0 Å². The molecule has 0 N–H and O–H groups in total. The molecule has 0 aliphatic carbocycles. The third-order valence-electron chi connectivity index (χ3n) is 5.49. The van der Waals surface area contributed by atoms with E-state index in [0.29, 0.717) is 0 Å². The Morgan fingerprint density at radius 2 is 1.52 bits per heavy atom. The van der Waals surface area contributed by atoms with E-state index in [9.17, 15) is 0 Å². The van der Waals surface area contributed by atoms with Gasteiger partial charge in [-0.2, -0.15) is 0 Å². The fraction of sp³-hybridized carbons (Fsp3) is 0.154. The van der Waals surface area contributed by atoms with Crippen LogP contribution in [0.15, 0.2) is 85.2 Å². The van der Waals surface area contributed by atoms with Gasteiger partial charge in [0.2, 0.25) is 0 Å². The standard InChI is InChI=1S/C26H23N3/c1-19-17-22-12-7-11-21-13-8-16-27-25(21)29(26(22)28-18-19)24-15-6-5-14-23(24)20-9-3-2-4-10-20/h2-6,8-10,13-18H,7,11-12H2,1H3. The Balaban J connectivity index is 1.79. The molecule has 0 bridgehead atoms. The molecule has 1 aliphatic rings. The van der Waals surface area contributed by atoms with Crippen molar-refractivity contribution >= 4 is 17.3 Å². The van der Waals surface area contributed by atoms with E-state index in [1.165, 1.54) is 27.8 Å². The largest absolute Gasteiger partial charge is 0.278 e. The molecule has 2 aromatic carbocycles. The van der Waals surface area contributed by atoms with Crippen LogP contribution in [0.4, 0.5) is 17.3 Å². The normalized spacial score (nSPS) is 13.2. The number of benzene rings is 2. The third-order valence-corrected chi connectivity index (χ3v) is 5.49. The summed E-state index contributed by atoms with van der Waals surface area (Å²) in [5.41, 5.74) is 7.22. The quantitative estimate of drug-likeness (QED) is 0.404. The van der Waals surface area contributed by atoms with Gasteiger partial charge in [-0.05, 0) is 60.6 Å². The van der Waals surface area contributed by atoms with E-state index in [4.69, 9.17) is 9.97 Å². The van der Waals surface area contributed by atoms with Crippen molar-refractivity contribution in [2.24, 2.45) is 0 Å². The fourth-order valence-electron chi connectivity index (χ4n) is 4.16. The average Bonchev–Trinajstić information content (AvgIpc) is 2.76. The van der Waals surface area contributed by atoms with Crippen LogP contribution in [0.25, 0.3) is 11.1 Å². The predicted octanol–water partition coefficient (Wildman–Crippen LogP) is 6.41. The van der Waals surface area contributed by atoms with Crippen LogP contribution < -0.4 is 4.90 Å². The zero-order valence-electron chi connectivity index (χ0n) is 16.5. The summed E-state index contributed by atoms with van der Waals surface area (Å²) in [4.78, 5) is 12.0. The van der Waals surface area contributed by atoms with Crippen molar-refractivity contribution in [2.75, 3.05) is 4.90 Å². The zero-order chi connectivity index (χ0) is 19.6. The van der Waals surface area contributed by atoms with Crippen LogP contribution in [0, 0.1) is 6.92 Å². The molecule has 0 atom stereocenters. The number of aryl methyl sites for hydroxylation is 3. The fourth-order valence-corrected chi connectivity index (χ4v) is 4.16. The number of fused-ring (bicyclic) bond motifs is 2. The molecule has 29 heavy (non-hydrogen) atoms. The number of hydrogen-bond acceptors (Lipinski definition) is 3. The van der Waals surface area contributed by atoms with Gasteiger partial charge in [-0.15, -0.1) is 0 Å². The molecule has 4 aromatic rings. The summed E-state index contributed by atoms with van der Waals surface area (Å²) in [5, 5.41) is 0. The lowest BCUT2D eigenvalue weighted by Crippen LogP contribution is -2.19. The van der Waals surface area contributed by atoms with Crippen LogP contribution in [0.3, 0.4) is 0 Å². The SMILES string of the molecule is Cc1cnc2c(c1)CCCc1cccnc1N2c1ccccc1-c1ccccc1.